The Hall–Kier alpha value is -0.120. The second-order valence-electron chi connectivity index (χ2n) is 3.11. The molecule has 0 spiro atoms. The number of hydrogen-bond acceptors (Lipinski definition) is 3. The van der Waals surface area contributed by atoms with Crippen molar-refractivity contribution in [3.05, 3.63) is 0 Å². The molecule has 0 fully saturated rings. The van der Waals surface area contributed by atoms with Crippen molar-refractivity contribution in [3.8, 4) is 0 Å². The molecule has 74 valence electrons. The Kier molecular flexibility index (Phi) is 5.46. The van der Waals surface area contributed by atoms with Crippen molar-refractivity contribution in [2.24, 2.45) is 0 Å². The van der Waals surface area contributed by atoms with E-state index in [1.54, 1.807) is 6.92 Å². The molecule has 0 heterocycles. The Balaban J connectivity index is 3.65. The van der Waals surface area contributed by atoms with Crippen LogP contribution in [0.5, 0.6) is 0 Å². The Bertz CT molecular complexity index is 111. The van der Waals surface area contributed by atoms with E-state index in [9.17, 15) is 10.2 Å². The summed E-state index contributed by atoms with van der Waals surface area (Å²) in [6.07, 6.45) is 0.833. The highest BCUT2D eigenvalue weighted by atomic mass is 16.5. The second kappa shape index (κ2) is 5.51. The van der Waals surface area contributed by atoms with Gasteiger partial charge in [-0.1, -0.05) is 20.8 Å². The van der Waals surface area contributed by atoms with E-state index in [1.807, 2.05) is 0 Å². The lowest BCUT2D eigenvalue weighted by molar-refractivity contribution is -0.169. The maximum Gasteiger partial charge on any atom is 0.163 e. The molecule has 3 heteroatoms. The lowest BCUT2D eigenvalue weighted by atomic mass is 10.1. The highest BCUT2D eigenvalue weighted by molar-refractivity contribution is 4.64. The van der Waals surface area contributed by atoms with Crippen molar-refractivity contribution in [1.82, 2.24) is 4.90 Å². The van der Waals surface area contributed by atoms with Crippen molar-refractivity contribution >= 4 is 0 Å². The molecule has 0 amide bonds. The molecule has 0 aliphatic rings. The van der Waals surface area contributed by atoms with E-state index >= 15 is 0 Å². The van der Waals surface area contributed by atoms with E-state index in [1.165, 1.54) is 0 Å². The first-order valence-corrected chi connectivity index (χ1v) is 4.72. The van der Waals surface area contributed by atoms with Gasteiger partial charge < -0.3 is 15.1 Å². The third-order valence-electron chi connectivity index (χ3n) is 2.29. The van der Waals surface area contributed by atoms with Gasteiger partial charge >= 0.3 is 0 Å². The van der Waals surface area contributed by atoms with Gasteiger partial charge in [0.1, 0.15) is 0 Å². The van der Waals surface area contributed by atoms with E-state index in [-0.39, 0.29) is 0 Å². The quantitative estimate of drug-likeness (QED) is 0.587. The largest absolute Gasteiger partial charge is 0.366 e. The minimum atomic E-state index is -1.47. The van der Waals surface area contributed by atoms with E-state index in [0.717, 1.165) is 19.6 Å². The average Bonchev–Trinajstić information content (AvgIpc) is 2.06. The fourth-order valence-electron chi connectivity index (χ4n) is 1.05. The minimum absolute atomic E-state index is 0.397. The molecular formula is C9H21NO2. The van der Waals surface area contributed by atoms with Gasteiger partial charge in [-0.3, -0.25) is 0 Å². The minimum Gasteiger partial charge on any atom is -0.366 e. The topological polar surface area (TPSA) is 43.7 Å². The summed E-state index contributed by atoms with van der Waals surface area (Å²) in [5, 5.41) is 18.6. The predicted molar refractivity (Wildman–Crippen MR) is 49.9 cm³/mol. The summed E-state index contributed by atoms with van der Waals surface area (Å²) in [4.78, 5) is 2.18. The normalized spacial score (nSPS) is 12.5. The van der Waals surface area contributed by atoms with Crippen LogP contribution in [0.1, 0.15) is 33.6 Å². The molecule has 0 unspecified atom stereocenters. The molecule has 0 rings (SSSR count). The fourth-order valence-corrected chi connectivity index (χ4v) is 1.05. The number of nitrogens with zero attached hydrogens (tertiary/aromatic N) is 1. The number of rotatable bonds is 6. The van der Waals surface area contributed by atoms with Crippen molar-refractivity contribution in [2.75, 3.05) is 19.6 Å². The molecule has 0 aromatic rings. The summed E-state index contributed by atoms with van der Waals surface area (Å²) >= 11 is 0. The van der Waals surface area contributed by atoms with Gasteiger partial charge in [-0.2, -0.15) is 0 Å². The summed E-state index contributed by atoms with van der Waals surface area (Å²) < 4.78 is 0. The van der Waals surface area contributed by atoms with Gasteiger partial charge in [0.05, 0.1) is 0 Å². The molecule has 0 aromatic carbocycles. The highest BCUT2D eigenvalue weighted by Crippen LogP contribution is 2.10. The molecule has 0 aromatic heterocycles. The number of aliphatic hydroxyl groups is 2. The monoisotopic (exact) mass is 175 g/mol. The first-order valence-electron chi connectivity index (χ1n) is 4.72. The summed E-state index contributed by atoms with van der Waals surface area (Å²) in [5.74, 6) is -1.47. The van der Waals surface area contributed by atoms with Gasteiger partial charge in [0, 0.05) is 13.0 Å². The fraction of sp³-hybridized carbons (Fsp3) is 1.00. The average molecular weight is 175 g/mol. The van der Waals surface area contributed by atoms with Crippen molar-refractivity contribution in [3.63, 3.8) is 0 Å². The van der Waals surface area contributed by atoms with Crippen LogP contribution in [0.25, 0.3) is 0 Å². The zero-order valence-corrected chi connectivity index (χ0v) is 8.38. The van der Waals surface area contributed by atoms with Gasteiger partial charge in [0.25, 0.3) is 0 Å². The van der Waals surface area contributed by atoms with Crippen LogP contribution in [0, 0.1) is 0 Å². The van der Waals surface area contributed by atoms with Gasteiger partial charge in [0.2, 0.25) is 0 Å². The third-order valence-corrected chi connectivity index (χ3v) is 2.29. The molecule has 2 N–H and O–H groups in total. The summed E-state index contributed by atoms with van der Waals surface area (Å²) in [6, 6.07) is 0. The van der Waals surface area contributed by atoms with Gasteiger partial charge in [-0.25, -0.2) is 0 Å². The molecule has 0 aliphatic carbocycles. The molecule has 0 saturated carbocycles. The maximum absolute atomic E-state index is 9.29. The molecule has 0 radical (unpaired) electrons. The van der Waals surface area contributed by atoms with Crippen LogP contribution in [-0.2, 0) is 0 Å². The standard InChI is InChI=1S/C9H21NO2/c1-4-9(11,12)7-8-10(5-2)6-3/h11-12H,4-8H2,1-3H3. The zero-order valence-electron chi connectivity index (χ0n) is 8.38. The molecular weight excluding hydrogens is 154 g/mol. The maximum atomic E-state index is 9.29. The summed E-state index contributed by atoms with van der Waals surface area (Å²) in [7, 11) is 0. The summed E-state index contributed by atoms with van der Waals surface area (Å²) in [5.41, 5.74) is 0. The van der Waals surface area contributed by atoms with Crippen LogP contribution in [0.2, 0.25) is 0 Å². The van der Waals surface area contributed by atoms with Crippen molar-refractivity contribution < 1.29 is 10.2 Å². The first kappa shape index (κ1) is 11.9. The Morgan fingerprint density at radius 3 is 1.92 bits per heavy atom. The van der Waals surface area contributed by atoms with E-state index < -0.39 is 5.79 Å². The highest BCUT2D eigenvalue weighted by Gasteiger charge is 2.20. The van der Waals surface area contributed by atoms with Crippen molar-refractivity contribution in [1.29, 1.82) is 0 Å². The van der Waals surface area contributed by atoms with Crippen molar-refractivity contribution in [2.45, 2.75) is 39.4 Å². The van der Waals surface area contributed by atoms with Crippen LogP contribution in [0.3, 0.4) is 0 Å². The second-order valence-corrected chi connectivity index (χ2v) is 3.11. The smallest absolute Gasteiger partial charge is 0.163 e. The molecule has 3 nitrogen and oxygen atoms in total. The summed E-state index contributed by atoms with van der Waals surface area (Å²) in [6.45, 7) is 8.63. The Morgan fingerprint density at radius 1 is 1.08 bits per heavy atom. The Morgan fingerprint density at radius 2 is 1.58 bits per heavy atom. The first-order chi connectivity index (χ1) is 5.55. The molecule has 0 bridgehead atoms. The Labute approximate surface area is 75.0 Å². The van der Waals surface area contributed by atoms with Crippen LogP contribution < -0.4 is 0 Å². The van der Waals surface area contributed by atoms with Crippen LogP contribution in [-0.4, -0.2) is 40.5 Å². The van der Waals surface area contributed by atoms with Crippen LogP contribution in [0.15, 0.2) is 0 Å². The van der Waals surface area contributed by atoms with Crippen LogP contribution in [0.4, 0.5) is 0 Å². The molecule has 0 atom stereocenters. The van der Waals surface area contributed by atoms with Gasteiger partial charge in [0.15, 0.2) is 5.79 Å². The lowest BCUT2D eigenvalue weighted by Gasteiger charge is -2.24. The van der Waals surface area contributed by atoms with Gasteiger partial charge in [-0.15, -0.1) is 0 Å². The zero-order chi connectivity index (χ0) is 9.61. The molecule has 0 saturated heterocycles. The van der Waals surface area contributed by atoms with E-state index in [0.29, 0.717) is 12.8 Å². The SMILES string of the molecule is CCN(CC)CCC(O)(O)CC. The van der Waals surface area contributed by atoms with Gasteiger partial charge in [-0.05, 0) is 19.5 Å². The molecule has 12 heavy (non-hydrogen) atoms. The van der Waals surface area contributed by atoms with E-state index in [4.69, 9.17) is 0 Å². The third kappa shape index (κ3) is 4.70. The number of hydrogen-bond donors (Lipinski definition) is 2. The lowest BCUT2D eigenvalue weighted by Crippen LogP contribution is -2.34. The van der Waals surface area contributed by atoms with Crippen LogP contribution >= 0.6 is 0 Å². The van der Waals surface area contributed by atoms with E-state index in [2.05, 4.69) is 18.7 Å². The molecule has 0 aliphatic heterocycles. The predicted octanol–water partition coefficient (Wildman–Crippen LogP) is 0.809.